The standard InChI is InChI=1S/C14H22N2O2.2ClH/c1-11(16-8-6-15-7-9-16)13-10-12(17-2)4-5-14(13)18-3;;/h4-5,10-11,15H,6-9H2,1-3H3;2*1H/t11-;;/m0../s1. The van der Waals surface area contributed by atoms with Gasteiger partial charge in [-0.25, -0.2) is 0 Å². The van der Waals surface area contributed by atoms with E-state index in [1.54, 1.807) is 14.2 Å². The van der Waals surface area contributed by atoms with Gasteiger partial charge in [-0.15, -0.1) is 24.8 Å². The van der Waals surface area contributed by atoms with Crippen LogP contribution in [-0.4, -0.2) is 45.3 Å². The zero-order valence-electron chi connectivity index (χ0n) is 12.2. The van der Waals surface area contributed by atoms with Crippen molar-refractivity contribution in [3.8, 4) is 11.5 Å². The molecule has 1 fully saturated rings. The summed E-state index contributed by atoms with van der Waals surface area (Å²) in [5.74, 6) is 1.81. The first-order valence-electron chi connectivity index (χ1n) is 6.43. The average Bonchev–Trinajstić information content (AvgIpc) is 2.46. The van der Waals surface area contributed by atoms with Crippen molar-refractivity contribution in [3.63, 3.8) is 0 Å². The number of ether oxygens (including phenoxy) is 2. The van der Waals surface area contributed by atoms with Gasteiger partial charge in [-0.05, 0) is 25.1 Å². The highest BCUT2D eigenvalue weighted by Crippen LogP contribution is 2.32. The van der Waals surface area contributed by atoms with Crippen LogP contribution < -0.4 is 14.8 Å². The summed E-state index contributed by atoms with van der Waals surface area (Å²) in [6.45, 7) is 6.47. The number of rotatable bonds is 4. The zero-order chi connectivity index (χ0) is 13.0. The van der Waals surface area contributed by atoms with Crippen LogP contribution in [0.5, 0.6) is 11.5 Å². The van der Waals surface area contributed by atoms with E-state index in [1.165, 1.54) is 5.56 Å². The second-order valence-electron chi connectivity index (χ2n) is 4.57. The molecular weight excluding hydrogens is 299 g/mol. The van der Waals surface area contributed by atoms with Crippen molar-refractivity contribution in [1.29, 1.82) is 0 Å². The molecule has 0 spiro atoms. The van der Waals surface area contributed by atoms with Crippen LogP contribution in [-0.2, 0) is 0 Å². The largest absolute Gasteiger partial charge is 0.497 e. The van der Waals surface area contributed by atoms with Crippen molar-refractivity contribution in [2.45, 2.75) is 13.0 Å². The lowest BCUT2D eigenvalue weighted by Crippen LogP contribution is -2.44. The van der Waals surface area contributed by atoms with Gasteiger partial charge in [0.15, 0.2) is 0 Å². The topological polar surface area (TPSA) is 33.7 Å². The molecule has 1 aliphatic heterocycles. The summed E-state index contributed by atoms with van der Waals surface area (Å²) in [6.07, 6.45) is 0. The van der Waals surface area contributed by atoms with Gasteiger partial charge >= 0.3 is 0 Å². The molecule has 1 aromatic rings. The molecule has 20 heavy (non-hydrogen) atoms. The van der Waals surface area contributed by atoms with Crippen molar-refractivity contribution in [2.75, 3.05) is 40.4 Å². The van der Waals surface area contributed by atoms with Crippen LogP contribution in [0.25, 0.3) is 0 Å². The first kappa shape index (κ1) is 19.3. The number of hydrogen-bond acceptors (Lipinski definition) is 4. The minimum Gasteiger partial charge on any atom is -0.497 e. The SMILES string of the molecule is COc1ccc(OC)c([C@H](C)N2CCNCC2)c1.Cl.Cl. The lowest BCUT2D eigenvalue weighted by Gasteiger charge is -2.33. The summed E-state index contributed by atoms with van der Waals surface area (Å²) in [5, 5.41) is 3.37. The third kappa shape index (κ3) is 4.42. The van der Waals surface area contributed by atoms with E-state index < -0.39 is 0 Å². The van der Waals surface area contributed by atoms with Crippen molar-refractivity contribution < 1.29 is 9.47 Å². The molecule has 0 bridgehead atoms. The monoisotopic (exact) mass is 322 g/mol. The summed E-state index contributed by atoms with van der Waals surface area (Å²) in [7, 11) is 3.41. The van der Waals surface area contributed by atoms with Crippen LogP contribution in [0.4, 0.5) is 0 Å². The molecule has 1 aromatic carbocycles. The molecule has 1 atom stereocenters. The molecule has 1 saturated heterocycles. The number of benzene rings is 1. The highest BCUT2D eigenvalue weighted by atomic mass is 35.5. The van der Waals surface area contributed by atoms with Gasteiger partial charge in [0, 0.05) is 37.8 Å². The second kappa shape index (κ2) is 9.29. The molecule has 0 unspecified atom stereocenters. The number of nitrogens with zero attached hydrogens (tertiary/aromatic N) is 1. The fourth-order valence-corrected chi connectivity index (χ4v) is 2.43. The summed E-state index contributed by atoms with van der Waals surface area (Å²) in [4.78, 5) is 2.47. The third-order valence-electron chi connectivity index (χ3n) is 3.59. The number of nitrogens with one attached hydrogen (secondary N) is 1. The Morgan fingerprint density at radius 2 is 1.75 bits per heavy atom. The lowest BCUT2D eigenvalue weighted by molar-refractivity contribution is 0.182. The molecule has 116 valence electrons. The van der Waals surface area contributed by atoms with Gasteiger partial charge in [-0.1, -0.05) is 0 Å². The molecule has 0 aromatic heterocycles. The van der Waals surface area contributed by atoms with Crippen molar-refractivity contribution in [3.05, 3.63) is 23.8 Å². The number of piperazine rings is 1. The Morgan fingerprint density at radius 1 is 1.10 bits per heavy atom. The smallest absolute Gasteiger partial charge is 0.123 e. The first-order chi connectivity index (χ1) is 8.76. The van der Waals surface area contributed by atoms with Gasteiger partial charge in [0.25, 0.3) is 0 Å². The van der Waals surface area contributed by atoms with E-state index in [0.29, 0.717) is 6.04 Å². The molecule has 0 saturated carbocycles. The molecule has 4 nitrogen and oxygen atoms in total. The van der Waals surface area contributed by atoms with E-state index in [1.807, 2.05) is 12.1 Å². The molecule has 0 amide bonds. The summed E-state index contributed by atoms with van der Waals surface area (Å²) in [5.41, 5.74) is 1.19. The maximum absolute atomic E-state index is 5.46. The molecule has 1 N–H and O–H groups in total. The fourth-order valence-electron chi connectivity index (χ4n) is 2.43. The second-order valence-corrected chi connectivity index (χ2v) is 4.57. The van der Waals surface area contributed by atoms with E-state index in [2.05, 4.69) is 23.2 Å². The van der Waals surface area contributed by atoms with E-state index in [0.717, 1.165) is 37.7 Å². The van der Waals surface area contributed by atoms with Crippen LogP contribution in [0.2, 0.25) is 0 Å². The van der Waals surface area contributed by atoms with Crippen molar-refractivity contribution >= 4 is 24.8 Å². The quantitative estimate of drug-likeness (QED) is 0.923. The third-order valence-corrected chi connectivity index (χ3v) is 3.59. The van der Waals surface area contributed by atoms with E-state index in [9.17, 15) is 0 Å². The Bertz CT molecular complexity index is 399. The Kier molecular flexibility index (Phi) is 8.98. The maximum Gasteiger partial charge on any atom is 0.123 e. The molecular formula is C14H24Cl2N2O2. The van der Waals surface area contributed by atoms with Gasteiger partial charge in [-0.2, -0.15) is 0 Å². The van der Waals surface area contributed by atoms with E-state index in [-0.39, 0.29) is 24.8 Å². The number of halogens is 2. The van der Waals surface area contributed by atoms with Crippen molar-refractivity contribution in [1.82, 2.24) is 10.2 Å². The highest BCUT2D eigenvalue weighted by molar-refractivity contribution is 5.85. The Morgan fingerprint density at radius 3 is 2.30 bits per heavy atom. The van der Waals surface area contributed by atoms with Crippen molar-refractivity contribution in [2.24, 2.45) is 0 Å². The number of hydrogen-bond donors (Lipinski definition) is 1. The van der Waals surface area contributed by atoms with E-state index in [4.69, 9.17) is 9.47 Å². The van der Waals surface area contributed by atoms with Crippen LogP contribution in [0.3, 0.4) is 0 Å². The zero-order valence-corrected chi connectivity index (χ0v) is 13.9. The van der Waals surface area contributed by atoms with Crippen LogP contribution in [0.1, 0.15) is 18.5 Å². The first-order valence-corrected chi connectivity index (χ1v) is 6.43. The summed E-state index contributed by atoms with van der Waals surface area (Å²) < 4.78 is 10.8. The summed E-state index contributed by atoms with van der Waals surface area (Å²) >= 11 is 0. The average molecular weight is 323 g/mol. The lowest BCUT2D eigenvalue weighted by atomic mass is 10.0. The van der Waals surface area contributed by atoms with Gasteiger partial charge in [0.2, 0.25) is 0 Å². The number of methoxy groups -OCH3 is 2. The minimum atomic E-state index is 0. The molecule has 0 radical (unpaired) electrons. The highest BCUT2D eigenvalue weighted by Gasteiger charge is 2.21. The van der Waals surface area contributed by atoms with Gasteiger partial charge in [-0.3, -0.25) is 4.90 Å². The van der Waals surface area contributed by atoms with Gasteiger partial charge in [0.1, 0.15) is 11.5 Å². The summed E-state index contributed by atoms with van der Waals surface area (Å²) in [6, 6.07) is 6.34. The minimum absolute atomic E-state index is 0. The predicted octanol–water partition coefficient (Wildman–Crippen LogP) is 2.51. The van der Waals surface area contributed by atoms with Crippen LogP contribution in [0, 0.1) is 0 Å². The fraction of sp³-hybridized carbons (Fsp3) is 0.571. The Balaban J connectivity index is 0.00000180. The van der Waals surface area contributed by atoms with E-state index >= 15 is 0 Å². The molecule has 0 aliphatic carbocycles. The maximum atomic E-state index is 5.46. The van der Waals surface area contributed by atoms with Crippen LogP contribution in [0.15, 0.2) is 18.2 Å². The Labute approximate surface area is 133 Å². The van der Waals surface area contributed by atoms with Gasteiger partial charge in [0.05, 0.1) is 14.2 Å². The molecule has 6 heteroatoms. The van der Waals surface area contributed by atoms with Gasteiger partial charge < -0.3 is 14.8 Å². The normalized spacial score (nSPS) is 16.6. The van der Waals surface area contributed by atoms with Crippen LogP contribution >= 0.6 is 24.8 Å². The Hall–Kier alpha value is -0.680. The molecule has 1 heterocycles. The molecule has 2 rings (SSSR count). The predicted molar refractivity (Wildman–Crippen MR) is 86.9 cm³/mol. The molecule has 1 aliphatic rings.